The van der Waals surface area contributed by atoms with E-state index >= 15 is 0 Å². The molecule has 0 aliphatic carbocycles. The van der Waals surface area contributed by atoms with Gasteiger partial charge in [0, 0.05) is 19.7 Å². The first-order valence-electron chi connectivity index (χ1n) is 8.50. The first-order chi connectivity index (χ1) is 9.16. The molecule has 1 heterocycles. The normalized spacial score (nSPS) is 19.5. The maximum Gasteiger partial charge on any atom is 0.0599 e. The van der Waals surface area contributed by atoms with Gasteiger partial charge >= 0.3 is 0 Å². The zero-order valence-electron chi connectivity index (χ0n) is 14.8. The molecule has 0 spiro atoms. The van der Waals surface area contributed by atoms with Gasteiger partial charge in [0.05, 0.1) is 6.10 Å². The molecule has 1 aliphatic rings. The highest BCUT2D eigenvalue weighted by Gasteiger charge is 2.21. The summed E-state index contributed by atoms with van der Waals surface area (Å²) < 4.78 is 6.05. The van der Waals surface area contributed by atoms with Gasteiger partial charge in [-0.2, -0.15) is 0 Å². The summed E-state index contributed by atoms with van der Waals surface area (Å²) in [6.07, 6.45) is 6.72. The number of ether oxygens (including phenoxy) is 1. The van der Waals surface area contributed by atoms with Crippen LogP contribution in [0.2, 0.25) is 0 Å². The second kappa shape index (κ2) is 7.79. The Kier molecular flexibility index (Phi) is 7.00. The molecule has 1 rings (SSSR count). The van der Waals surface area contributed by atoms with Crippen molar-refractivity contribution >= 4 is 0 Å². The first-order valence-corrected chi connectivity index (χ1v) is 8.50. The summed E-state index contributed by atoms with van der Waals surface area (Å²) in [6.45, 7) is 18.6. The third-order valence-corrected chi connectivity index (χ3v) is 4.14. The lowest BCUT2D eigenvalue weighted by molar-refractivity contribution is 0.00217. The molecule has 0 unspecified atom stereocenters. The molecular weight excluding hydrogens is 246 g/mol. The molecule has 0 amide bonds. The molecule has 0 aromatic heterocycles. The Balaban J connectivity index is 2.07. The number of rotatable bonds is 6. The van der Waals surface area contributed by atoms with Crippen LogP contribution in [0.5, 0.6) is 0 Å². The van der Waals surface area contributed by atoms with E-state index in [0.29, 0.717) is 16.9 Å². The van der Waals surface area contributed by atoms with Gasteiger partial charge in [-0.15, -0.1) is 0 Å². The molecule has 2 nitrogen and oxygen atoms in total. The average molecular weight is 284 g/mol. The first kappa shape index (κ1) is 18.0. The topological polar surface area (TPSA) is 12.5 Å². The van der Waals surface area contributed by atoms with Crippen LogP contribution >= 0.6 is 0 Å². The Morgan fingerprint density at radius 3 is 1.95 bits per heavy atom. The highest BCUT2D eigenvalue weighted by molar-refractivity contribution is 4.74. The summed E-state index contributed by atoms with van der Waals surface area (Å²) in [7, 11) is 0. The van der Waals surface area contributed by atoms with Gasteiger partial charge in [-0.25, -0.2) is 0 Å². The van der Waals surface area contributed by atoms with Gasteiger partial charge in [-0.3, -0.25) is 0 Å². The fourth-order valence-corrected chi connectivity index (χ4v) is 2.65. The maximum atomic E-state index is 6.05. The average Bonchev–Trinajstić information content (AvgIpc) is 2.31. The van der Waals surface area contributed by atoms with E-state index in [1.807, 2.05) is 0 Å². The lowest BCUT2D eigenvalue weighted by Gasteiger charge is -2.33. The third kappa shape index (κ3) is 8.97. The van der Waals surface area contributed by atoms with Gasteiger partial charge in [0.25, 0.3) is 0 Å². The smallest absolute Gasteiger partial charge is 0.0599 e. The number of hydrogen-bond acceptors (Lipinski definition) is 2. The van der Waals surface area contributed by atoms with Crippen molar-refractivity contribution in [1.82, 2.24) is 4.90 Å². The summed E-state index contributed by atoms with van der Waals surface area (Å²) in [4.78, 5) is 2.61. The Bertz CT molecular complexity index is 254. The van der Waals surface area contributed by atoms with Crippen molar-refractivity contribution in [3.05, 3.63) is 0 Å². The van der Waals surface area contributed by atoms with Crippen LogP contribution in [-0.2, 0) is 4.74 Å². The predicted octanol–water partition coefficient (Wildman–Crippen LogP) is 4.73. The molecule has 0 aromatic rings. The van der Waals surface area contributed by atoms with Crippen LogP contribution in [0.25, 0.3) is 0 Å². The van der Waals surface area contributed by atoms with Crippen molar-refractivity contribution < 1.29 is 4.74 Å². The third-order valence-electron chi connectivity index (χ3n) is 4.14. The Labute approximate surface area is 127 Å². The van der Waals surface area contributed by atoms with Gasteiger partial charge in [-0.05, 0) is 49.5 Å². The summed E-state index contributed by atoms with van der Waals surface area (Å²) in [5.41, 5.74) is 0.903. The van der Waals surface area contributed by atoms with Crippen LogP contribution < -0.4 is 0 Å². The van der Waals surface area contributed by atoms with Crippen LogP contribution in [0.4, 0.5) is 0 Å². The number of likely N-dealkylation sites (tertiary alicyclic amines) is 1. The zero-order valence-corrected chi connectivity index (χ0v) is 14.8. The molecule has 0 bridgehead atoms. The highest BCUT2D eigenvalue weighted by Crippen LogP contribution is 2.23. The molecule has 2 heteroatoms. The molecule has 1 aliphatic heterocycles. The molecule has 0 aromatic carbocycles. The van der Waals surface area contributed by atoms with E-state index in [9.17, 15) is 0 Å². The van der Waals surface area contributed by atoms with Gasteiger partial charge in [0.15, 0.2) is 0 Å². The molecule has 1 fully saturated rings. The van der Waals surface area contributed by atoms with Crippen LogP contribution in [0.1, 0.15) is 73.6 Å². The Morgan fingerprint density at radius 1 is 0.900 bits per heavy atom. The summed E-state index contributed by atoms with van der Waals surface area (Å²) >= 11 is 0. The van der Waals surface area contributed by atoms with E-state index in [1.54, 1.807) is 0 Å². The summed E-state index contributed by atoms with van der Waals surface area (Å²) in [5.74, 6) is 0. The molecule has 0 atom stereocenters. The van der Waals surface area contributed by atoms with E-state index in [0.717, 1.165) is 6.61 Å². The standard InChI is InChI=1S/C18H37NO/c1-17(2,3)10-7-15-20-16-8-12-19(13-9-16)14-11-18(4,5)6/h16H,7-15H2,1-6H3. The fraction of sp³-hybridized carbons (Fsp3) is 1.00. The molecule has 20 heavy (non-hydrogen) atoms. The lowest BCUT2D eigenvalue weighted by Crippen LogP contribution is -2.38. The number of hydrogen-bond donors (Lipinski definition) is 0. The minimum atomic E-state index is 0.444. The summed E-state index contributed by atoms with van der Waals surface area (Å²) in [5, 5.41) is 0. The van der Waals surface area contributed by atoms with E-state index in [4.69, 9.17) is 4.74 Å². The largest absolute Gasteiger partial charge is 0.378 e. The number of nitrogens with zero attached hydrogens (tertiary/aromatic N) is 1. The van der Waals surface area contributed by atoms with Crippen LogP contribution in [0, 0.1) is 10.8 Å². The zero-order chi connectivity index (χ0) is 15.2. The summed E-state index contributed by atoms with van der Waals surface area (Å²) in [6, 6.07) is 0. The van der Waals surface area contributed by atoms with E-state index in [-0.39, 0.29) is 0 Å². The second-order valence-electron chi connectivity index (χ2n) is 8.89. The molecule has 1 saturated heterocycles. The van der Waals surface area contributed by atoms with Crippen molar-refractivity contribution in [3.8, 4) is 0 Å². The Morgan fingerprint density at radius 2 is 1.45 bits per heavy atom. The highest BCUT2D eigenvalue weighted by atomic mass is 16.5. The van der Waals surface area contributed by atoms with Gasteiger partial charge in [-0.1, -0.05) is 41.5 Å². The van der Waals surface area contributed by atoms with Crippen molar-refractivity contribution in [2.45, 2.75) is 79.8 Å². The SMILES string of the molecule is CC(C)(C)CCCOC1CCN(CCC(C)(C)C)CC1. The molecular formula is C18H37NO. The van der Waals surface area contributed by atoms with E-state index < -0.39 is 0 Å². The molecule has 120 valence electrons. The van der Waals surface area contributed by atoms with Crippen LogP contribution in [0.15, 0.2) is 0 Å². The van der Waals surface area contributed by atoms with Gasteiger partial charge in [0.1, 0.15) is 0 Å². The maximum absolute atomic E-state index is 6.05. The molecule has 0 saturated carbocycles. The monoisotopic (exact) mass is 283 g/mol. The second-order valence-corrected chi connectivity index (χ2v) is 8.89. The van der Waals surface area contributed by atoms with Crippen molar-refractivity contribution in [1.29, 1.82) is 0 Å². The van der Waals surface area contributed by atoms with Crippen LogP contribution in [0.3, 0.4) is 0 Å². The lowest BCUT2D eigenvalue weighted by atomic mass is 9.91. The van der Waals surface area contributed by atoms with Crippen molar-refractivity contribution in [3.63, 3.8) is 0 Å². The van der Waals surface area contributed by atoms with Crippen LogP contribution in [-0.4, -0.2) is 37.2 Å². The van der Waals surface area contributed by atoms with Gasteiger partial charge < -0.3 is 9.64 Å². The quantitative estimate of drug-likeness (QED) is 0.653. The minimum Gasteiger partial charge on any atom is -0.378 e. The number of piperidine rings is 1. The Hall–Kier alpha value is -0.0800. The van der Waals surface area contributed by atoms with Gasteiger partial charge in [0.2, 0.25) is 0 Å². The molecule has 0 radical (unpaired) electrons. The van der Waals surface area contributed by atoms with E-state index in [2.05, 4.69) is 46.4 Å². The fourth-order valence-electron chi connectivity index (χ4n) is 2.65. The predicted molar refractivity (Wildman–Crippen MR) is 88.2 cm³/mol. The van der Waals surface area contributed by atoms with Crippen molar-refractivity contribution in [2.24, 2.45) is 10.8 Å². The van der Waals surface area contributed by atoms with Crippen molar-refractivity contribution in [2.75, 3.05) is 26.2 Å². The molecule has 0 N–H and O–H groups in total. The van der Waals surface area contributed by atoms with E-state index in [1.165, 1.54) is 51.7 Å². The minimum absolute atomic E-state index is 0.444.